The summed E-state index contributed by atoms with van der Waals surface area (Å²) in [6, 6.07) is 6.16. The molecule has 0 spiro atoms. The topological polar surface area (TPSA) is 48.6 Å². The molecule has 1 fully saturated rings. The van der Waals surface area contributed by atoms with Crippen molar-refractivity contribution >= 4 is 16.6 Å². The summed E-state index contributed by atoms with van der Waals surface area (Å²) in [6.45, 7) is 14.7. The Labute approximate surface area is 156 Å². The van der Waals surface area contributed by atoms with Crippen molar-refractivity contribution in [3.8, 4) is 0 Å². The van der Waals surface area contributed by atoms with Crippen LogP contribution in [0.25, 0.3) is 10.9 Å². The molecule has 5 nitrogen and oxygen atoms in total. The fourth-order valence-electron chi connectivity index (χ4n) is 4.05. The van der Waals surface area contributed by atoms with E-state index in [2.05, 4.69) is 48.5 Å². The zero-order chi connectivity index (χ0) is 18.8. The second-order valence-electron chi connectivity index (χ2n) is 7.41. The number of hydrogen-bond acceptors (Lipinski definition) is 4. The van der Waals surface area contributed by atoms with Crippen molar-refractivity contribution < 1.29 is 4.74 Å². The van der Waals surface area contributed by atoms with Crippen LogP contribution < -0.4 is 10.3 Å². The summed E-state index contributed by atoms with van der Waals surface area (Å²) in [7, 11) is 0. The lowest BCUT2D eigenvalue weighted by Gasteiger charge is -2.35. The van der Waals surface area contributed by atoms with E-state index in [4.69, 9.17) is 4.74 Å². The summed E-state index contributed by atoms with van der Waals surface area (Å²) >= 11 is 0. The maximum Gasteiger partial charge on any atom is 0.194 e. The first-order valence-corrected chi connectivity index (χ1v) is 9.71. The number of H-pyrrole nitrogens is 1. The first-order valence-electron chi connectivity index (χ1n) is 9.71. The molecule has 0 bridgehead atoms. The summed E-state index contributed by atoms with van der Waals surface area (Å²) in [5.41, 5.74) is 4.00. The average molecular weight is 357 g/mol. The van der Waals surface area contributed by atoms with Crippen LogP contribution >= 0.6 is 0 Å². The van der Waals surface area contributed by atoms with Gasteiger partial charge in [-0.3, -0.25) is 9.69 Å². The second kappa shape index (κ2) is 7.80. The Morgan fingerprint density at radius 2 is 1.85 bits per heavy atom. The van der Waals surface area contributed by atoms with Crippen molar-refractivity contribution in [3.05, 3.63) is 39.7 Å². The van der Waals surface area contributed by atoms with Crippen LogP contribution in [-0.2, 0) is 11.3 Å². The van der Waals surface area contributed by atoms with Crippen LogP contribution in [0.3, 0.4) is 0 Å². The quantitative estimate of drug-likeness (QED) is 0.892. The van der Waals surface area contributed by atoms with Gasteiger partial charge in [0.25, 0.3) is 0 Å². The van der Waals surface area contributed by atoms with E-state index < -0.39 is 0 Å². The number of ether oxygens (including phenoxy) is 1. The minimum atomic E-state index is 0.150. The van der Waals surface area contributed by atoms with Crippen molar-refractivity contribution in [3.63, 3.8) is 0 Å². The van der Waals surface area contributed by atoms with Crippen molar-refractivity contribution in [2.24, 2.45) is 0 Å². The van der Waals surface area contributed by atoms with Gasteiger partial charge < -0.3 is 14.6 Å². The number of fused-ring (bicyclic) bond motifs is 1. The molecule has 2 heterocycles. The van der Waals surface area contributed by atoms with Crippen molar-refractivity contribution in [2.45, 2.75) is 53.4 Å². The van der Waals surface area contributed by atoms with Crippen LogP contribution in [0.15, 0.2) is 23.0 Å². The van der Waals surface area contributed by atoms with Gasteiger partial charge in [0.2, 0.25) is 0 Å². The van der Waals surface area contributed by atoms with Crippen LogP contribution in [0, 0.1) is 6.92 Å². The normalized spacial score (nSPS) is 21.3. The Bertz CT molecular complexity index is 816. The molecule has 0 amide bonds. The second-order valence-corrected chi connectivity index (χ2v) is 7.41. The van der Waals surface area contributed by atoms with Gasteiger partial charge >= 0.3 is 0 Å². The highest BCUT2D eigenvalue weighted by Gasteiger charge is 2.23. The lowest BCUT2D eigenvalue weighted by molar-refractivity contribution is -0.0706. The van der Waals surface area contributed by atoms with Gasteiger partial charge in [-0.25, -0.2) is 0 Å². The Balaban J connectivity index is 1.98. The zero-order valence-electron chi connectivity index (χ0n) is 16.6. The summed E-state index contributed by atoms with van der Waals surface area (Å²) in [6.07, 6.45) is 0.403. The maximum absolute atomic E-state index is 13.2. The van der Waals surface area contributed by atoms with Gasteiger partial charge in [0.15, 0.2) is 5.43 Å². The largest absolute Gasteiger partial charge is 0.373 e. The SMILES string of the molecule is CCN(CC)c1ccc2[nH]c(C)c(CN3C[C@@H](C)O[C@@H](C)C3)c(=O)c2c1. The third-order valence-electron chi connectivity index (χ3n) is 5.30. The van der Waals surface area contributed by atoms with Gasteiger partial charge in [-0.05, 0) is 52.8 Å². The molecule has 142 valence electrons. The van der Waals surface area contributed by atoms with E-state index in [0.29, 0.717) is 6.54 Å². The van der Waals surface area contributed by atoms with Gasteiger partial charge in [0.1, 0.15) is 0 Å². The van der Waals surface area contributed by atoms with Gasteiger partial charge in [-0.2, -0.15) is 0 Å². The highest BCUT2D eigenvalue weighted by Crippen LogP contribution is 2.21. The molecule has 1 N–H and O–H groups in total. The summed E-state index contributed by atoms with van der Waals surface area (Å²) in [5, 5.41) is 0.782. The lowest BCUT2D eigenvalue weighted by atomic mass is 10.1. The minimum Gasteiger partial charge on any atom is -0.373 e. The molecule has 3 rings (SSSR count). The molecule has 1 saturated heterocycles. The molecule has 0 unspecified atom stereocenters. The zero-order valence-corrected chi connectivity index (χ0v) is 16.6. The van der Waals surface area contributed by atoms with Crippen LogP contribution in [0.1, 0.15) is 39.0 Å². The summed E-state index contributed by atoms with van der Waals surface area (Å²) < 4.78 is 5.82. The molecule has 1 aliphatic heterocycles. The maximum atomic E-state index is 13.2. The summed E-state index contributed by atoms with van der Waals surface area (Å²) in [4.78, 5) is 21.3. The number of pyridine rings is 1. The fourth-order valence-corrected chi connectivity index (χ4v) is 4.05. The predicted molar refractivity (Wildman–Crippen MR) is 108 cm³/mol. The highest BCUT2D eigenvalue weighted by molar-refractivity contribution is 5.83. The number of aryl methyl sites for hydroxylation is 1. The lowest BCUT2D eigenvalue weighted by Crippen LogP contribution is -2.45. The Morgan fingerprint density at radius 3 is 2.46 bits per heavy atom. The molecule has 2 atom stereocenters. The molecule has 2 aromatic rings. The Morgan fingerprint density at radius 1 is 1.19 bits per heavy atom. The number of nitrogens with zero attached hydrogens (tertiary/aromatic N) is 2. The molecule has 0 radical (unpaired) electrons. The molecule has 1 aliphatic rings. The van der Waals surface area contributed by atoms with Crippen molar-refractivity contribution in [1.29, 1.82) is 0 Å². The number of aromatic amines is 1. The van der Waals surface area contributed by atoms with Gasteiger partial charge in [-0.15, -0.1) is 0 Å². The van der Waals surface area contributed by atoms with Crippen LogP contribution in [0.4, 0.5) is 5.69 Å². The molecular weight excluding hydrogens is 326 g/mol. The van der Waals surface area contributed by atoms with Gasteiger partial charge in [0, 0.05) is 60.6 Å². The molecule has 26 heavy (non-hydrogen) atoms. The van der Waals surface area contributed by atoms with E-state index >= 15 is 0 Å². The number of rotatable bonds is 5. The minimum absolute atomic E-state index is 0.150. The standard InChI is InChI=1S/C21H31N3O2/c1-6-24(7-2)17-8-9-20-18(10-17)21(25)19(16(5)22-20)13-23-11-14(3)26-15(4)12-23/h8-10,14-15H,6-7,11-13H2,1-5H3,(H,22,25)/t14-,15+. The van der Waals surface area contributed by atoms with E-state index in [1.54, 1.807) is 0 Å². The van der Waals surface area contributed by atoms with Gasteiger partial charge in [-0.1, -0.05) is 0 Å². The van der Waals surface area contributed by atoms with Crippen molar-refractivity contribution in [2.75, 3.05) is 31.1 Å². The van der Waals surface area contributed by atoms with E-state index in [1.807, 2.05) is 19.1 Å². The smallest absolute Gasteiger partial charge is 0.194 e. The number of hydrogen-bond donors (Lipinski definition) is 1. The molecule has 1 aromatic carbocycles. The summed E-state index contributed by atoms with van der Waals surface area (Å²) in [5.74, 6) is 0. The Hall–Kier alpha value is -1.85. The number of benzene rings is 1. The number of anilines is 1. The fraction of sp³-hybridized carbons (Fsp3) is 0.571. The van der Waals surface area contributed by atoms with E-state index in [0.717, 1.165) is 54.0 Å². The van der Waals surface area contributed by atoms with E-state index in [9.17, 15) is 4.79 Å². The first kappa shape index (κ1) is 18.9. The number of aromatic nitrogens is 1. The molecule has 1 aromatic heterocycles. The third kappa shape index (κ3) is 3.79. The third-order valence-corrected chi connectivity index (χ3v) is 5.30. The van der Waals surface area contributed by atoms with Crippen LogP contribution in [0.2, 0.25) is 0 Å². The molecular formula is C21H31N3O2. The first-order chi connectivity index (χ1) is 12.4. The number of morpholine rings is 1. The predicted octanol–water partition coefficient (Wildman–Crippen LogP) is 3.29. The highest BCUT2D eigenvalue weighted by atomic mass is 16.5. The Kier molecular flexibility index (Phi) is 5.68. The van der Waals surface area contributed by atoms with Gasteiger partial charge in [0.05, 0.1) is 12.2 Å². The van der Waals surface area contributed by atoms with E-state index in [-0.39, 0.29) is 17.6 Å². The van der Waals surface area contributed by atoms with Crippen LogP contribution in [0.5, 0.6) is 0 Å². The van der Waals surface area contributed by atoms with E-state index in [1.165, 1.54) is 0 Å². The molecule has 0 saturated carbocycles. The monoisotopic (exact) mass is 357 g/mol. The number of nitrogens with one attached hydrogen (secondary N) is 1. The van der Waals surface area contributed by atoms with Crippen LogP contribution in [-0.4, -0.2) is 48.3 Å². The molecule has 5 heteroatoms. The average Bonchev–Trinajstić information content (AvgIpc) is 2.59. The van der Waals surface area contributed by atoms with Crippen molar-refractivity contribution in [1.82, 2.24) is 9.88 Å². The molecule has 0 aliphatic carbocycles.